The number of Topliss-reactive ketones (excluding diaryl/α,β-unsaturated/α-hetero) is 1. The van der Waals surface area contributed by atoms with Crippen LogP contribution >= 0.6 is 0 Å². The largest absolute Gasteiger partial charge is 0.508 e. The summed E-state index contributed by atoms with van der Waals surface area (Å²) in [6, 6.07) is 4.74. The number of carbonyl (C=O) groups is 2. The van der Waals surface area contributed by atoms with E-state index in [2.05, 4.69) is 5.32 Å². The van der Waals surface area contributed by atoms with Gasteiger partial charge in [-0.05, 0) is 37.0 Å². The molecule has 28 heavy (non-hydrogen) atoms. The van der Waals surface area contributed by atoms with E-state index in [1.807, 2.05) is 0 Å². The number of alkyl halides is 3. The molecule has 0 bridgehead atoms. The molecule has 1 saturated carbocycles. The van der Waals surface area contributed by atoms with Crippen molar-refractivity contribution < 1.29 is 33.0 Å². The summed E-state index contributed by atoms with van der Waals surface area (Å²) in [4.78, 5) is 23.7. The second kappa shape index (κ2) is 7.48. The number of phenols is 1. The molecule has 1 fully saturated rings. The molecule has 1 aromatic carbocycles. The average Bonchev–Trinajstić information content (AvgIpc) is 2.62. The zero-order valence-corrected chi connectivity index (χ0v) is 15.2. The number of phenolic OH excluding ortho intramolecular Hbond substituents is 1. The fraction of sp³-hybridized carbons (Fsp3) is 0.500. The number of halogens is 3. The molecular weight excluding hydrogens is 375 g/mol. The van der Waals surface area contributed by atoms with E-state index in [0.29, 0.717) is 18.4 Å². The molecule has 152 valence electrons. The van der Waals surface area contributed by atoms with Gasteiger partial charge in [0.1, 0.15) is 11.8 Å². The first-order valence-electron chi connectivity index (χ1n) is 9.25. The topological polar surface area (TPSA) is 86.6 Å². The molecule has 1 atom stereocenters. The third kappa shape index (κ3) is 4.00. The Morgan fingerprint density at radius 1 is 1.11 bits per heavy atom. The highest BCUT2D eigenvalue weighted by Crippen LogP contribution is 2.56. The molecule has 2 aliphatic rings. The van der Waals surface area contributed by atoms with Crippen LogP contribution in [0, 0.1) is 5.41 Å². The van der Waals surface area contributed by atoms with Gasteiger partial charge in [-0.25, -0.2) is 4.79 Å². The maximum Gasteiger partial charge on any atom is 0.454 e. The molecule has 0 aromatic heterocycles. The van der Waals surface area contributed by atoms with Crippen LogP contribution in [0.25, 0.3) is 0 Å². The zero-order valence-electron chi connectivity index (χ0n) is 15.2. The number of benzene rings is 1. The molecule has 5 nitrogen and oxygen atoms in total. The Morgan fingerprint density at radius 2 is 1.71 bits per heavy atom. The number of nitrogens with one attached hydrogen (secondary N) is 1. The lowest BCUT2D eigenvalue weighted by atomic mass is 9.57. The van der Waals surface area contributed by atoms with Crippen LogP contribution in [0.5, 0.6) is 5.75 Å². The Bertz CT molecular complexity index is 793. The Morgan fingerprint density at radius 3 is 2.25 bits per heavy atom. The van der Waals surface area contributed by atoms with Crippen LogP contribution in [-0.2, 0) is 16.0 Å². The lowest BCUT2D eigenvalue weighted by Gasteiger charge is -2.48. The number of carboxylic acid groups (broad SMARTS) is 1. The molecule has 0 amide bonds. The Hall–Kier alpha value is -2.51. The van der Waals surface area contributed by atoms with E-state index < -0.39 is 29.4 Å². The molecule has 8 heteroatoms. The lowest BCUT2D eigenvalue weighted by molar-refractivity contribution is -0.169. The lowest BCUT2D eigenvalue weighted by Crippen LogP contribution is -2.50. The summed E-state index contributed by atoms with van der Waals surface area (Å²) in [5.41, 5.74) is -0.366. The van der Waals surface area contributed by atoms with E-state index in [4.69, 9.17) is 0 Å². The van der Waals surface area contributed by atoms with Gasteiger partial charge in [-0.1, -0.05) is 31.4 Å². The number of ketones is 1. The molecule has 1 aromatic rings. The molecule has 0 radical (unpaired) electrons. The Labute approximate surface area is 160 Å². The molecule has 1 unspecified atom stereocenters. The summed E-state index contributed by atoms with van der Waals surface area (Å²) in [6.45, 7) is 0. The molecule has 2 aliphatic carbocycles. The summed E-state index contributed by atoms with van der Waals surface area (Å²) >= 11 is 0. The molecular formula is C20H22F3NO4. The number of aromatic hydroxyl groups is 1. The van der Waals surface area contributed by atoms with Crippen LogP contribution in [0.2, 0.25) is 0 Å². The van der Waals surface area contributed by atoms with Crippen molar-refractivity contribution in [3.05, 3.63) is 41.1 Å². The standard InChI is InChI=1S/C20H22F3NO4/c21-20(22,23)17(26)16-15(11-19(16)8-2-1-3-9-19)24-14(18(27)28)10-12-4-6-13(25)7-5-12/h4-7,14,24-25H,1-3,8-11H2,(H,27,28). The second-order valence-electron chi connectivity index (χ2n) is 7.60. The quantitative estimate of drug-likeness (QED) is 0.681. The van der Waals surface area contributed by atoms with Crippen molar-refractivity contribution in [1.82, 2.24) is 5.32 Å². The van der Waals surface area contributed by atoms with Crippen molar-refractivity contribution in [3.8, 4) is 5.75 Å². The molecule has 3 N–H and O–H groups in total. The van der Waals surface area contributed by atoms with E-state index in [1.165, 1.54) is 12.1 Å². The van der Waals surface area contributed by atoms with Crippen LogP contribution in [0.15, 0.2) is 35.5 Å². The predicted octanol–water partition coefficient (Wildman–Crippen LogP) is 3.72. The van der Waals surface area contributed by atoms with Crippen molar-refractivity contribution in [2.45, 2.75) is 57.2 Å². The SMILES string of the molecule is O=C(O)C(Cc1ccc(O)cc1)NC1=C(C(=O)C(F)(F)F)C2(CCCCC2)C1. The molecule has 3 rings (SSSR count). The predicted molar refractivity (Wildman–Crippen MR) is 94.6 cm³/mol. The van der Waals surface area contributed by atoms with Gasteiger partial charge in [0.15, 0.2) is 0 Å². The number of carboxylic acids is 1. The van der Waals surface area contributed by atoms with Crippen LogP contribution in [0.3, 0.4) is 0 Å². The van der Waals surface area contributed by atoms with E-state index in [1.54, 1.807) is 12.1 Å². The van der Waals surface area contributed by atoms with Gasteiger partial charge in [0.05, 0.1) is 0 Å². The summed E-state index contributed by atoms with van der Waals surface area (Å²) in [5, 5.41) is 21.5. The van der Waals surface area contributed by atoms with Crippen LogP contribution in [0.1, 0.15) is 44.1 Å². The Balaban J connectivity index is 1.87. The normalized spacial score (nSPS) is 19.8. The first kappa shape index (κ1) is 20.2. The minimum absolute atomic E-state index is 0.0135. The smallest absolute Gasteiger partial charge is 0.454 e. The molecule has 0 aliphatic heterocycles. The van der Waals surface area contributed by atoms with Gasteiger partial charge in [0, 0.05) is 23.1 Å². The van der Waals surface area contributed by atoms with E-state index in [9.17, 15) is 33.0 Å². The summed E-state index contributed by atoms with van der Waals surface area (Å²) < 4.78 is 39.5. The van der Waals surface area contributed by atoms with Crippen LogP contribution < -0.4 is 5.32 Å². The number of hydrogen-bond acceptors (Lipinski definition) is 4. The van der Waals surface area contributed by atoms with Crippen molar-refractivity contribution in [2.24, 2.45) is 5.41 Å². The van der Waals surface area contributed by atoms with Crippen molar-refractivity contribution in [1.29, 1.82) is 0 Å². The maximum atomic E-state index is 13.2. The second-order valence-corrected chi connectivity index (χ2v) is 7.60. The minimum Gasteiger partial charge on any atom is -0.508 e. The maximum absolute atomic E-state index is 13.2. The number of carbonyl (C=O) groups excluding carboxylic acids is 1. The fourth-order valence-electron chi connectivity index (χ4n) is 4.30. The summed E-state index contributed by atoms with van der Waals surface area (Å²) in [6.07, 6.45) is -1.21. The number of hydrogen-bond donors (Lipinski definition) is 3. The van der Waals surface area contributed by atoms with Gasteiger partial charge in [-0.15, -0.1) is 0 Å². The Kier molecular flexibility index (Phi) is 5.41. The molecule has 0 saturated heterocycles. The van der Waals surface area contributed by atoms with Crippen LogP contribution in [0.4, 0.5) is 13.2 Å². The first-order chi connectivity index (χ1) is 13.1. The van der Waals surface area contributed by atoms with Gasteiger partial charge >= 0.3 is 12.1 Å². The minimum atomic E-state index is -4.98. The van der Waals surface area contributed by atoms with Gasteiger partial charge in [-0.3, -0.25) is 4.79 Å². The van der Waals surface area contributed by atoms with Crippen molar-refractivity contribution in [2.75, 3.05) is 0 Å². The van der Waals surface area contributed by atoms with Gasteiger partial charge in [0.25, 0.3) is 5.78 Å². The van der Waals surface area contributed by atoms with E-state index >= 15 is 0 Å². The number of allylic oxidation sites excluding steroid dienone is 2. The van der Waals surface area contributed by atoms with Gasteiger partial charge in [0.2, 0.25) is 0 Å². The monoisotopic (exact) mass is 397 g/mol. The summed E-state index contributed by atoms with van der Waals surface area (Å²) in [7, 11) is 0. The van der Waals surface area contributed by atoms with Crippen molar-refractivity contribution >= 4 is 11.8 Å². The zero-order chi connectivity index (χ0) is 20.5. The van der Waals surface area contributed by atoms with Gasteiger partial charge in [-0.2, -0.15) is 13.2 Å². The molecule has 1 spiro atoms. The highest BCUT2D eigenvalue weighted by molar-refractivity contribution is 6.03. The molecule has 0 heterocycles. The number of rotatable bonds is 6. The summed E-state index contributed by atoms with van der Waals surface area (Å²) in [5.74, 6) is -3.05. The van der Waals surface area contributed by atoms with Crippen molar-refractivity contribution in [3.63, 3.8) is 0 Å². The first-order valence-corrected chi connectivity index (χ1v) is 9.25. The highest BCUT2D eigenvalue weighted by Gasteiger charge is 2.55. The van der Waals surface area contributed by atoms with E-state index in [0.717, 1.165) is 19.3 Å². The number of aliphatic carboxylic acids is 1. The van der Waals surface area contributed by atoms with Crippen LogP contribution in [-0.4, -0.2) is 34.2 Å². The fourth-order valence-corrected chi connectivity index (χ4v) is 4.30. The third-order valence-corrected chi connectivity index (χ3v) is 5.67. The highest BCUT2D eigenvalue weighted by atomic mass is 19.4. The third-order valence-electron chi connectivity index (χ3n) is 5.67. The average molecular weight is 397 g/mol. The van der Waals surface area contributed by atoms with E-state index in [-0.39, 0.29) is 29.9 Å². The van der Waals surface area contributed by atoms with Gasteiger partial charge < -0.3 is 15.5 Å².